The maximum absolute atomic E-state index is 11.5. The first-order valence-corrected chi connectivity index (χ1v) is 13.5. The number of carboxylic acids is 1. The van der Waals surface area contributed by atoms with Gasteiger partial charge in [-0.2, -0.15) is 0 Å². The Hall–Kier alpha value is -0.990. The number of methoxy groups -OCH3 is 1. The topological polar surface area (TPSA) is 94.7 Å². The van der Waals surface area contributed by atoms with Crippen LogP contribution in [0.15, 0.2) is 12.2 Å². The Kier molecular flexibility index (Phi) is 9.62. The fourth-order valence-corrected chi connectivity index (χ4v) is 6.57. The minimum Gasteiger partial charge on any atom is -0.481 e. The molecule has 1 saturated heterocycles. The van der Waals surface area contributed by atoms with Crippen LogP contribution in [0.25, 0.3) is 0 Å². The van der Waals surface area contributed by atoms with Gasteiger partial charge in [0.2, 0.25) is 0 Å². The third-order valence-electron chi connectivity index (χ3n) is 8.85. The fourth-order valence-electron chi connectivity index (χ4n) is 6.57. The summed E-state index contributed by atoms with van der Waals surface area (Å²) in [4.78, 5) is 11.5. The summed E-state index contributed by atoms with van der Waals surface area (Å²) in [5, 5.41) is 24.2. The van der Waals surface area contributed by atoms with Crippen molar-refractivity contribution < 1.29 is 14.6 Å². The van der Waals surface area contributed by atoms with Gasteiger partial charge < -0.3 is 15.2 Å². The lowest BCUT2D eigenvalue weighted by atomic mass is 9.78. The van der Waals surface area contributed by atoms with Crippen molar-refractivity contribution in [1.29, 1.82) is 0 Å². The number of ether oxygens (including phenoxy) is 1. The van der Waals surface area contributed by atoms with E-state index in [0.717, 1.165) is 50.2 Å². The zero-order chi connectivity index (χ0) is 23.0. The molecule has 0 aromatic carbocycles. The van der Waals surface area contributed by atoms with Crippen molar-refractivity contribution in [1.82, 2.24) is 21.3 Å². The Morgan fingerprint density at radius 1 is 0.970 bits per heavy atom. The third kappa shape index (κ3) is 7.25. The molecule has 3 fully saturated rings. The molecule has 7 heteroatoms. The minimum absolute atomic E-state index is 0.0906. The number of hydrogen-bond acceptors (Lipinski definition) is 6. The van der Waals surface area contributed by atoms with E-state index in [2.05, 4.69) is 27.3 Å². The fraction of sp³-hybridized carbons (Fsp3) is 0.885. The largest absolute Gasteiger partial charge is 0.481 e. The molecular weight excluding hydrogens is 416 g/mol. The molecule has 7 nitrogen and oxygen atoms in total. The van der Waals surface area contributed by atoms with Crippen LogP contribution in [-0.2, 0) is 9.53 Å². The number of hydrogen-bond donors (Lipinski definition) is 5. The van der Waals surface area contributed by atoms with Crippen LogP contribution in [0, 0.1) is 23.7 Å². The molecule has 0 spiro atoms. The lowest BCUT2D eigenvalue weighted by Gasteiger charge is -2.40. The van der Waals surface area contributed by atoms with Crippen LogP contribution in [-0.4, -0.2) is 62.3 Å². The number of aliphatic carboxylic acids is 1. The maximum atomic E-state index is 11.5. The number of rotatable bonds is 9. The predicted octanol–water partition coefficient (Wildman–Crippen LogP) is 2.83. The van der Waals surface area contributed by atoms with E-state index in [-0.39, 0.29) is 18.2 Å². The second kappa shape index (κ2) is 12.6. The summed E-state index contributed by atoms with van der Waals surface area (Å²) < 4.78 is 5.53. The summed E-state index contributed by atoms with van der Waals surface area (Å²) in [5.41, 5.74) is 0. The summed E-state index contributed by atoms with van der Waals surface area (Å²) in [7, 11) is 1.85. The Bertz CT molecular complexity index is 621. The first kappa shape index (κ1) is 25.1. The van der Waals surface area contributed by atoms with Crippen LogP contribution in [0.2, 0.25) is 0 Å². The molecule has 0 aromatic heterocycles. The second-order valence-corrected chi connectivity index (χ2v) is 10.9. The summed E-state index contributed by atoms with van der Waals surface area (Å²) in [6.45, 7) is 3.16. The van der Waals surface area contributed by atoms with Crippen molar-refractivity contribution in [2.24, 2.45) is 23.7 Å². The third-order valence-corrected chi connectivity index (χ3v) is 8.85. The summed E-state index contributed by atoms with van der Waals surface area (Å²) in [5.74, 6) is 1.39. The normalized spacial score (nSPS) is 39.9. The van der Waals surface area contributed by atoms with Crippen LogP contribution in [0.5, 0.6) is 0 Å². The van der Waals surface area contributed by atoms with Gasteiger partial charge in [-0.25, -0.2) is 0 Å². The molecule has 2 atom stereocenters. The van der Waals surface area contributed by atoms with Crippen molar-refractivity contribution in [2.45, 2.75) is 95.1 Å². The molecule has 0 aromatic rings. The molecule has 2 saturated carbocycles. The van der Waals surface area contributed by atoms with E-state index in [1.54, 1.807) is 0 Å². The van der Waals surface area contributed by atoms with Gasteiger partial charge in [0.25, 0.3) is 0 Å². The van der Waals surface area contributed by atoms with Gasteiger partial charge in [-0.05, 0) is 94.9 Å². The number of allylic oxidation sites excluding steroid dienone is 1. The molecular formula is C26H46N4O3. The first-order valence-electron chi connectivity index (χ1n) is 13.5. The Balaban J connectivity index is 1.08. The van der Waals surface area contributed by atoms with Gasteiger partial charge in [-0.15, -0.1) is 0 Å². The zero-order valence-corrected chi connectivity index (χ0v) is 20.4. The predicted molar refractivity (Wildman–Crippen MR) is 131 cm³/mol. The smallest absolute Gasteiger partial charge is 0.308 e. The average Bonchev–Trinajstić information content (AvgIpc) is 2.86. The highest BCUT2D eigenvalue weighted by atomic mass is 16.5. The van der Waals surface area contributed by atoms with Crippen LogP contribution >= 0.6 is 0 Å². The van der Waals surface area contributed by atoms with Crippen LogP contribution < -0.4 is 21.3 Å². The highest BCUT2D eigenvalue weighted by Crippen LogP contribution is 2.32. The van der Waals surface area contributed by atoms with E-state index >= 15 is 0 Å². The molecule has 4 rings (SSSR count). The molecule has 0 bridgehead atoms. The highest BCUT2D eigenvalue weighted by molar-refractivity contribution is 5.71. The summed E-state index contributed by atoms with van der Waals surface area (Å²) >= 11 is 0. The SMILES string of the molecule is COC1CCC(C2CNC(NC3CCC(CCN[C@@H]4CC=CC[C@@H]4C(=O)O)CC3)NC2)CC1. The monoisotopic (exact) mass is 462 g/mol. The molecule has 33 heavy (non-hydrogen) atoms. The van der Waals surface area contributed by atoms with Crippen molar-refractivity contribution in [3.8, 4) is 0 Å². The summed E-state index contributed by atoms with van der Waals surface area (Å²) in [6, 6.07) is 0.681. The van der Waals surface area contributed by atoms with E-state index in [0.29, 0.717) is 18.6 Å². The first-order chi connectivity index (χ1) is 16.1. The lowest BCUT2D eigenvalue weighted by molar-refractivity contribution is -0.142. The van der Waals surface area contributed by atoms with Gasteiger partial charge in [0, 0.05) is 32.3 Å². The Morgan fingerprint density at radius 3 is 2.33 bits per heavy atom. The van der Waals surface area contributed by atoms with Gasteiger partial charge in [-0.1, -0.05) is 12.2 Å². The van der Waals surface area contributed by atoms with Gasteiger partial charge >= 0.3 is 5.97 Å². The minimum atomic E-state index is -0.668. The molecule has 3 aliphatic carbocycles. The van der Waals surface area contributed by atoms with E-state index in [1.165, 1.54) is 51.4 Å². The highest BCUT2D eigenvalue weighted by Gasteiger charge is 2.32. The van der Waals surface area contributed by atoms with Crippen LogP contribution in [0.1, 0.15) is 70.6 Å². The van der Waals surface area contributed by atoms with Crippen LogP contribution in [0.4, 0.5) is 0 Å². The average molecular weight is 463 g/mol. The lowest BCUT2D eigenvalue weighted by Crippen LogP contribution is -2.63. The van der Waals surface area contributed by atoms with Crippen molar-refractivity contribution in [3.05, 3.63) is 12.2 Å². The van der Waals surface area contributed by atoms with Gasteiger partial charge in [0.15, 0.2) is 0 Å². The van der Waals surface area contributed by atoms with Gasteiger partial charge in [0.05, 0.1) is 12.0 Å². The quantitative estimate of drug-likeness (QED) is 0.336. The molecule has 4 aliphatic rings. The molecule has 1 heterocycles. The van der Waals surface area contributed by atoms with Gasteiger partial charge in [0.1, 0.15) is 6.29 Å². The standard InChI is InChI=1S/C26H46N4O3/c1-33-22-12-8-19(9-13-22)20-16-28-26(29-17-20)30-21-10-6-18(7-11-21)14-15-27-24-5-3-2-4-23(24)25(31)32/h2-3,18-24,26-30H,4-17H2,1H3,(H,31,32)/t18?,19?,20?,21?,22?,23-,24+,26?/m0/s1. The number of carbonyl (C=O) groups is 1. The molecule has 0 radical (unpaired) electrons. The van der Waals surface area contributed by atoms with Crippen molar-refractivity contribution in [3.63, 3.8) is 0 Å². The molecule has 0 unspecified atom stereocenters. The molecule has 5 N–H and O–H groups in total. The molecule has 0 amide bonds. The second-order valence-electron chi connectivity index (χ2n) is 10.9. The maximum Gasteiger partial charge on any atom is 0.308 e. The summed E-state index contributed by atoms with van der Waals surface area (Å²) in [6.07, 6.45) is 17.6. The van der Waals surface area contributed by atoms with Gasteiger partial charge in [-0.3, -0.25) is 20.7 Å². The van der Waals surface area contributed by atoms with Crippen molar-refractivity contribution in [2.75, 3.05) is 26.7 Å². The van der Waals surface area contributed by atoms with E-state index in [9.17, 15) is 9.90 Å². The van der Waals surface area contributed by atoms with E-state index in [1.807, 2.05) is 13.2 Å². The van der Waals surface area contributed by atoms with Crippen molar-refractivity contribution >= 4 is 5.97 Å². The Labute approximate surface area is 199 Å². The molecule has 1 aliphatic heterocycles. The number of nitrogens with one attached hydrogen (secondary N) is 4. The number of carboxylic acid groups (broad SMARTS) is 1. The van der Waals surface area contributed by atoms with E-state index < -0.39 is 5.97 Å². The van der Waals surface area contributed by atoms with E-state index in [4.69, 9.17) is 4.74 Å². The molecule has 188 valence electrons. The Morgan fingerprint density at radius 2 is 1.67 bits per heavy atom. The van der Waals surface area contributed by atoms with Crippen LogP contribution in [0.3, 0.4) is 0 Å². The zero-order valence-electron chi connectivity index (χ0n) is 20.4.